The van der Waals surface area contributed by atoms with Crippen molar-refractivity contribution >= 4 is 5.91 Å². The highest BCUT2D eigenvalue weighted by molar-refractivity contribution is 5.75. The summed E-state index contributed by atoms with van der Waals surface area (Å²) >= 11 is 0. The Kier molecular flexibility index (Phi) is 6.60. The summed E-state index contributed by atoms with van der Waals surface area (Å²) in [6.45, 7) is 7.43. The molecule has 1 aromatic heterocycles. The van der Waals surface area contributed by atoms with Gasteiger partial charge in [-0.2, -0.15) is 0 Å². The van der Waals surface area contributed by atoms with E-state index in [4.69, 9.17) is 4.74 Å². The van der Waals surface area contributed by atoms with E-state index in [0.717, 1.165) is 5.57 Å². The van der Waals surface area contributed by atoms with E-state index in [9.17, 15) is 9.59 Å². The van der Waals surface area contributed by atoms with Gasteiger partial charge in [0.25, 0.3) is 5.56 Å². The van der Waals surface area contributed by atoms with Crippen LogP contribution in [0, 0.1) is 0 Å². The molecule has 0 aromatic carbocycles. The topological polar surface area (TPSA) is 60.3 Å². The molecule has 1 aromatic rings. The second kappa shape index (κ2) is 8.26. The molecule has 1 heterocycles. The highest BCUT2D eigenvalue weighted by Gasteiger charge is 2.02. The predicted molar refractivity (Wildman–Crippen MR) is 74.0 cm³/mol. The molecule has 5 heteroatoms. The van der Waals surface area contributed by atoms with Crippen LogP contribution in [-0.4, -0.2) is 30.2 Å². The van der Waals surface area contributed by atoms with Crippen LogP contribution >= 0.6 is 0 Å². The Morgan fingerprint density at radius 3 is 2.95 bits per heavy atom. The summed E-state index contributed by atoms with van der Waals surface area (Å²) in [4.78, 5) is 22.9. The van der Waals surface area contributed by atoms with Crippen LogP contribution in [0.2, 0.25) is 0 Å². The fourth-order valence-electron chi connectivity index (χ4n) is 1.46. The summed E-state index contributed by atoms with van der Waals surface area (Å²) in [7, 11) is 0. The van der Waals surface area contributed by atoms with Crippen LogP contribution in [0.25, 0.3) is 0 Å². The third-order valence-corrected chi connectivity index (χ3v) is 2.40. The van der Waals surface area contributed by atoms with Crippen molar-refractivity contribution < 1.29 is 9.53 Å². The van der Waals surface area contributed by atoms with Gasteiger partial charge >= 0.3 is 0 Å². The first-order valence-electron chi connectivity index (χ1n) is 6.24. The summed E-state index contributed by atoms with van der Waals surface area (Å²) in [5.74, 6) is -0.0883. The minimum atomic E-state index is -0.0971. The number of nitrogens with one attached hydrogen (secondary N) is 1. The Bertz CT molecular complexity index is 480. The first-order valence-corrected chi connectivity index (χ1v) is 6.24. The molecule has 0 radical (unpaired) electrons. The highest BCUT2D eigenvalue weighted by atomic mass is 16.5. The van der Waals surface area contributed by atoms with Crippen LogP contribution in [0.1, 0.15) is 13.3 Å². The zero-order valence-electron chi connectivity index (χ0n) is 11.2. The monoisotopic (exact) mass is 264 g/mol. The molecule has 0 saturated carbocycles. The fourth-order valence-corrected chi connectivity index (χ4v) is 1.46. The van der Waals surface area contributed by atoms with Crippen molar-refractivity contribution in [3.63, 3.8) is 0 Å². The number of nitrogens with zero attached hydrogens (tertiary/aromatic N) is 1. The number of hydrogen-bond donors (Lipinski definition) is 1. The average molecular weight is 264 g/mol. The number of amides is 1. The lowest BCUT2D eigenvalue weighted by atomic mass is 10.3. The zero-order chi connectivity index (χ0) is 14.1. The average Bonchev–Trinajstić information content (AvgIpc) is 2.37. The Morgan fingerprint density at radius 2 is 2.26 bits per heavy atom. The molecule has 0 bridgehead atoms. The van der Waals surface area contributed by atoms with E-state index in [2.05, 4.69) is 11.9 Å². The molecule has 0 aliphatic heterocycles. The molecule has 5 nitrogen and oxygen atoms in total. The highest BCUT2D eigenvalue weighted by Crippen LogP contribution is 1.89. The van der Waals surface area contributed by atoms with Crippen molar-refractivity contribution in [3.05, 3.63) is 46.9 Å². The maximum Gasteiger partial charge on any atom is 0.250 e. The molecular formula is C14H20N2O3. The SMILES string of the molecule is C=C(C)COCCNC(=O)CCn1ccccc1=O. The molecule has 1 rings (SSSR count). The quantitative estimate of drug-likeness (QED) is 0.561. The van der Waals surface area contributed by atoms with Crippen LogP contribution < -0.4 is 10.9 Å². The van der Waals surface area contributed by atoms with Gasteiger partial charge < -0.3 is 14.6 Å². The lowest BCUT2D eigenvalue weighted by molar-refractivity contribution is -0.121. The molecule has 0 fully saturated rings. The molecule has 0 saturated heterocycles. The van der Waals surface area contributed by atoms with E-state index in [1.54, 1.807) is 18.3 Å². The smallest absolute Gasteiger partial charge is 0.250 e. The largest absolute Gasteiger partial charge is 0.375 e. The molecule has 0 spiro atoms. The van der Waals surface area contributed by atoms with Crippen LogP contribution in [0.15, 0.2) is 41.3 Å². The van der Waals surface area contributed by atoms with Gasteiger partial charge in [-0.1, -0.05) is 18.2 Å². The molecule has 1 N–H and O–H groups in total. The van der Waals surface area contributed by atoms with E-state index in [1.165, 1.54) is 10.6 Å². The lowest BCUT2D eigenvalue weighted by Crippen LogP contribution is -2.29. The van der Waals surface area contributed by atoms with Crippen molar-refractivity contribution in [3.8, 4) is 0 Å². The van der Waals surface area contributed by atoms with Gasteiger partial charge in [0, 0.05) is 31.8 Å². The molecule has 0 aliphatic carbocycles. The summed E-state index contributed by atoms with van der Waals surface area (Å²) in [5, 5.41) is 2.74. The molecule has 19 heavy (non-hydrogen) atoms. The minimum absolute atomic E-state index is 0.0883. The Hall–Kier alpha value is -1.88. The molecular weight excluding hydrogens is 244 g/mol. The minimum Gasteiger partial charge on any atom is -0.375 e. The molecule has 0 unspecified atom stereocenters. The number of aromatic nitrogens is 1. The Morgan fingerprint density at radius 1 is 1.47 bits per heavy atom. The number of carbonyl (C=O) groups is 1. The van der Waals surface area contributed by atoms with Gasteiger partial charge in [0.15, 0.2) is 0 Å². The van der Waals surface area contributed by atoms with Crippen LogP contribution in [0.3, 0.4) is 0 Å². The first kappa shape index (κ1) is 15.2. The summed E-state index contributed by atoms with van der Waals surface area (Å²) in [5.41, 5.74) is 0.856. The zero-order valence-corrected chi connectivity index (χ0v) is 11.2. The van der Waals surface area contributed by atoms with E-state index in [-0.39, 0.29) is 17.9 Å². The number of carbonyl (C=O) groups excluding carboxylic acids is 1. The van der Waals surface area contributed by atoms with Crippen molar-refractivity contribution in [2.24, 2.45) is 0 Å². The van der Waals surface area contributed by atoms with Gasteiger partial charge in [-0.3, -0.25) is 9.59 Å². The third-order valence-electron chi connectivity index (χ3n) is 2.40. The van der Waals surface area contributed by atoms with Gasteiger partial charge in [0.1, 0.15) is 0 Å². The fraction of sp³-hybridized carbons (Fsp3) is 0.429. The van der Waals surface area contributed by atoms with E-state index < -0.39 is 0 Å². The third kappa shape index (κ3) is 6.57. The predicted octanol–water partition coefficient (Wildman–Crippen LogP) is 0.947. The van der Waals surface area contributed by atoms with Crippen molar-refractivity contribution in [1.82, 2.24) is 9.88 Å². The maximum absolute atomic E-state index is 11.5. The van der Waals surface area contributed by atoms with E-state index in [0.29, 0.717) is 26.3 Å². The Balaban J connectivity index is 2.17. The van der Waals surface area contributed by atoms with Gasteiger partial charge in [0.2, 0.25) is 5.91 Å². The number of hydrogen-bond acceptors (Lipinski definition) is 3. The van der Waals surface area contributed by atoms with E-state index >= 15 is 0 Å². The number of pyridine rings is 1. The van der Waals surface area contributed by atoms with Gasteiger partial charge in [0.05, 0.1) is 13.2 Å². The number of rotatable bonds is 8. The lowest BCUT2D eigenvalue weighted by Gasteiger charge is -2.07. The number of ether oxygens (including phenoxy) is 1. The van der Waals surface area contributed by atoms with Crippen molar-refractivity contribution in [2.75, 3.05) is 19.8 Å². The van der Waals surface area contributed by atoms with Crippen molar-refractivity contribution in [1.29, 1.82) is 0 Å². The van der Waals surface area contributed by atoms with Crippen LogP contribution in [0.5, 0.6) is 0 Å². The maximum atomic E-state index is 11.5. The van der Waals surface area contributed by atoms with Gasteiger partial charge in [-0.05, 0) is 13.0 Å². The summed E-state index contributed by atoms with van der Waals surface area (Å²) in [6, 6.07) is 4.92. The van der Waals surface area contributed by atoms with Gasteiger partial charge in [-0.15, -0.1) is 0 Å². The normalized spacial score (nSPS) is 10.2. The molecule has 104 valence electrons. The number of aryl methyl sites for hydroxylation is 1. The van der Waals surface area contributed by atoms with Gasteiger partial charge in [-0.25, -0.2) is 0 Å². The standard InChI is InChI=1S/C14H20N2O3/c1-12(2)11-19-10-7-15-13(17)6-9-16-8-4-3-5-14(16)18/h3-5,8H,1,6-7,9-11H2,2H3,(H,15,17). The second-order valence-electron chi connectivity index (χ2n) is 4.34. The first-order chi connectivity index (χ1) is 9.09. The second-order valence-corrected chi connectivity index (χ2v) is 4.34. The van der Waals surface area contributed by atoms with Crippen molar-refractivity contribution in [2.45, 2.75) is 19.9 Å². The molecule has 1 amide bonds. The van der Waals surface area contributed by atoms with Crippen LogP contribution in [0.4, 0.5) is 0 Å². The molecule has 0 atom stereocenters. The molecule has 0 aliphatic rings. The van der Waals surface area contributed by atoms with Crippen LogP contribution in [-0.2, 0) is 16.1 Å². The summed E-state index contributed by atoms with van der Waals surface area (Å²) < 4.78 is 6.77. The van der Waals surface area contributed by atoms with E-state index in [1.807, 2.05) is 6.92 Å². The Labute approximate surface area is 112 Å². The summed E-state index contributed by atoms with van der Waals surface area (Å²) in [6.07, 6.45) is 1.95.